The molecule has 13 heavy (non-hydrogen) atoms. The summed E-state index contributed by atoms with van der Waals surface area (Å²) in [6, 6.07) is 7.39. The maximum atomic E-state index is 10.8. The van der Waals surface area contributed by atoms with Gasteiger partial charge in [-0.2, -0.15) is 0 Å². The minimum absolute atomic E-state index is 0.00668. The van der Waals surface area contributed by atoms with E-state index < -0.39 is 0 Å². The minimum atomic E-state index is -0.178. The van der Waals surface area contributed by atoms with Gasteiger partial charge in [0, 0.05) is 12.2 Å². The molecule has 0 fully saturated rings. The van der Waals surface area contributed by atoms with E-state index in [2.05, 4.69) is 5.32 Å². The number of anilines is 1. The van der Waals surface area contributed by atoms with Crippen molar-refractivity contribution in [3.8, 4) is 0 Å². The van der Waals surface area contributed by atoms with Crippen molar-refractivity contribution in [3.63, 3.8) is 0 Å². The van der Waals surface area contributed by atoms with E-state index in [1.165, 1.54) is 0 Å². The summed E-state index contributed by atoms with van der Waals surface area (Å²) in [5, 5.41) is 2.65. The van der Waals surface area contributed by atoms with Gasteiger partial charge in [-0.3, -0.25) is 4.79 Å². The third kappa shape index (κ3) is 2.76. The zero-order valence-electron chi connectivity index (χ0n) is 7.29. The first-order valence-electron chi connectivity index (χ1n) is 4.04. The second kappa shape index (κ2) is 4.47. The molecule has 0 saturated carbocycles. The molecule has 0 saturated heterocycles. The smallest absolute Gasteiger partial charge is 0.234 e. The zero-order valence-corrected chi connectivity index (χ0v) is 7.29. The first-order chi connectivity index (χ1) is 6.24. The van der Waals surface area contributed by atoms with Gasteiger partial charge in [0.05, 0.1) is 6.54 Å². The molecule has 0 atom stereocenters. The van der Waals surface area contributed by atoms with Gasteiger partial charge < -0.3 is 16.8 Å². The van der Waals surface area contributed by atoms with Gasteiger partial charge in [-0.05, 0) is 11.6 Å². The number of rotatable bonds is 3. The summed E-state index contributed by atoms with van der Waals surface area (Å²) in [6.07, 6.45) is 0. The summed E-state index contributed by atoms with van der Waals surface area (Å²) in [5.74, 6) is -0.178. The van der Waals surface area contributed by atoms with Gasteiger partial charge >= 0.3 is 0 Å². The molecule has 1 aromatic carbocycles. The Kier molecular flexibility index (Phi) is 3.28. The zero-order chi connectivity index (χ0) is 9.68. The van der Waals surface area contributed by atoms with Crippen LogP contribution in [0.4, 0.5) is 5.69 Å². The largest absolute Gasteiger partial charge is 0.398 e. The molecule has 4 heteroatoms. The van der Waals surface area contributed by atoms with Crippen molar-refractivity contribution in [1.29, 1.82) is 0 Å². The van der Waals surface area contributed by atoms with E-state index in [4.69, 9.17) is 11.5 Å². The highest BCUT2D eigenvalue weighted by Crippen LogP contribution is 2.09. The quantitative estimate of drug-likeness (QED) is 0.564. The molecule has 0 aliphatic heterocycles. The van der Waals surface area contributed by atoms with Crippen LogP contribution in [0.25, 0.3) is 0 Å². The fraction of sp³-hybridized carbons (Fsp3) is 0.222. The lowest BCUT2D eigenvalue weighted by Crippen LogP contribution is -2.29. The van der Waals surface area contributed by atoms with Crippen LogP contribution < -0.4 is 16.8 Å². The van der Waals surface area contributed by atoms with E-state index in [0.717, 1.165) is 5.56 Å². The van der Waals surface area contributed by atoms with Crippen LogP contribution in [0.2, 0.25) is 0 Å². The minimum Gasteiger partial charge on any atom is -0.398 e. The molecule has 0 aliphatic rings. The predicted molar refractivity (Wildman–Crippen MR) is 51.8 cm³/mol. The van der Waals surface area contributed by atoms with Crippen LogP contribution >= 0.6 is 0 Å². The number of nitrogen functional groups attached to an aromatic ring is 1. The average Bonchev–Trinajstić information content (AvgIpc) is 2.16. The number of carbonyl (C=O) groups is 1. The number of carbonyl (C=O) groups excluding carboxylic acids is 1. The Bertz CT molecular complexity index is 299. The molecule has 70 valence electrons. The van der Waals surface area contributed by atoms with Crippen LogP contribution in [-0.2, 0) is 11.3 Å². The Morgan fingerprint density at radius 1 is 1.38 bits per heavy atom. The number of amides is 1. The molecule has 0 heterocycles. The Labute approximate surface area is 76.9 Å². The monoisotopic (exact) mass is 179 g/mol. The Hall–Kier alpha value is -1.55. The van der Waals surface area contributed by atoms with Gasteiger partial charge in [-0.15, -0.1) is 0 Å². The van der Waals surface area contributed by atoms with Crippen LogP contribution in [-0.4, -0.2) is 12.5 Å². The van der Waals surface area contributed by atoms with Crippen molar-refractivity contribution in [2.24, 2.45) is 5.73 Å². The summed E-state index contributed by atoms with van der Waals surface area (Å²) in [7, 11) is 0. The summed E-state index contributed by atoms with van der Waals surface area (Å²) in [5.41, 5.74) is 12.4. The van der Waals surface area contributed by atoms with Crippen molar-refractivity contribution in [1.82, 2.24) is 5.32 Å². The lowest BCUT2D eigenvalue weighted by atomic mass is 10.2. The Morgan fingerprint density at radius 3 is 2.69 bits per heavy atom. The summed E-state index contributed by atoms with van der Waals surface area (Å²) < 4.78 is 0. The lowest BCUT2D eigenvalue weighted by Gasteiger charge is -2.05. The van der Waals surface area contributed by atoms with Gasteiger partial charge in [0.2, 0.25) is 5.91 Å². The highest BCUT2D eigenvalue weighted by molar-refractivity contribution is 5.77. The third-order valence-corrected chi connectivity index (χ3v) is 1.72. The fourth-order valence-corrected chi connectivity index (χ4v) is 0.961. The molecule has 1 rings (SSSR count). The second-order valence-electron chi connectivity index (χ2n) is 2.68. The van der Waals surface area contributed by atoms with E-state index in [-0.39, 0.29) is 12.5 Å². The van der Waals surface area contributed by atoms with Crippen molar-refractivity contribution < 1.29 is 4.79 Å². The number of hydrogen-bond acceptors (Lipinski definition) is 3. The molecular weight excluding hydrogens is 166 g/mol. The SMILES string of the molecule is NCC(=O)NCc1ccccc1N. The lowest BCUT2D eigenvalue weighted by molar-refractivity contribution is -0.119. The first kappa shape index (κ1) is 9.54. The normalized spacial score (nSPS) is 9.62. The van der Waals surface area contributed by atoms with Gasteiger partial charge in [0.25, 0.3) is 0 Å². The second-order valence-corrected chi connectivity index (χ2v) is 2.68. The van der Waals surface area contributed by atoms with Crippen molar-refractivity contribution in [2.75, 3.05) is 12.3 Å². The molecule has 0 radical (unpaired) electrons. The van der Waals surface area contributed by atoms with Crippen LogP contribution in [0, 0.1) is 0 Å². The molecule has 0 aliphatic carbocycles. The molecule has 0 bridgehead atoms. The van der Waals surface area contributed by atoms with Crippen LogP contribution in [0.1, 0.15) is 5.56 Å². The number of hydrogen-bond donors (Lipinski definition) is 3. The first-order valence-corrected chi connectivity index (χ1v) is 4.04. The predicted octanol–water partition coefficient (Wildman–Crippen LogP) is -0.156. The maximum absolute atomic E-state index is 10.8. The Balaban J connectivity index is 2.54. The molecular formula is C9H13N3O. The Morgan fingerprint density at radius 2 is 2.08 bits per heavy atom. The van der Waals surface area contributed by atoms with E-state index in [1.807, 2.05) is 18.2 Å². The van der Waals surface area contributed by atoms with Crippen LogP contribution in [0.3, 0.4) is 0 Å². The molecule has 0 spiro atoms. The van der Waals surface area contributed by atoms with E-state index in [1.54, 1.807) is 6.07 Å². The highest BCUT2D eigenvalue weighted by atomic mass is 16.1. The summed E-state index contributed by atoms with van der Waals surface area (Å²) in [4.78, 5) is 10.8. The fourth-order valence-electron chi connectivity index (χ4n) is 0.961. The van der Waals surface area contributed by atoms with Crippen LogP contribution in [0.15, 0.2) is 24.3 Å². The van der Waals surface area contributed by atoms with Gasteiger partial charge in [-0.25, -0.2) is 0 Å². The van der Waals surface area contributed by atoms with Gasteiger partial charge in [0.15, 0.2) is 0 Å². The number of nitrogens with one attached hydrogen (secondary N) is 1. The molecule has 1 amide bonds. The van der Waals surface area contributed by atoms with Crippen molar-refractivity contribution >= 4 is 11.6 Å². The highest BCUT2D eigenvalue weighted by Gasteiger charge is 1.99. The molecule has 0 unspecified atom stereocenters. The maximum Gasteiger partial charge on any atom is 0.234 e. The molecule has 4 nitrogen and oxygen atoms in total. The summed E-state index contributed by atoms with van der Waals surface area (Å²) >= 11 is 0. The van der Waals surface area contributed by atoms with Crippen LogP contribution in [0.5, 0.6) is 0 Å². The van der Waals surface area contributed by atoms with Crippen molar-refractivity contribution in [2.45, 2.75) is 6.54 Å². The van der Waals surface area contributed by atoms with E-state index >= 15 is 0 Å². The standard InChI is InChI=1S/C9H13N3O/c10-5-9(13)12-6-7-3-1-2-4-8(7)11/h1-4H,5-6,10-11H2,(H,12,13). The van der Waals surface area contributed by atoms with E-state index in [9.17, 15) is 4.79 Å². The van der Waals surface area contributed by atoms with Gasteiger partial charge in [0.1, 0.15) is 0 Å². The molecule has 0 aromatic heterocycles. The molecule has 1 aromatic rings. The average molecular weight is 179 g/mol. The third-order valence-electron chi connectivity index (χ3n) is 1.72. The van der Waals surface area contributed by atoms with E-state index in [0.29, 0.717) is 12.2 Å². The van der Waals surface area contributed by atoms with Crippen molar-refractivity contribution in [3.05, 3.63) is 29.8 Å². The van der Waals surface area contributed by atoms with Gasteiger partial charge in [-0.1, -0.05) is 18.2 Å². The molecule has 5 N–H and O–H groups in total. The summed E-state index contributed by atoms with van der Waals surface area (Å²) in [6.45, 7) is 0.440. The topological polar surface area (TPSA) is 81.1 Å². The number of benzene rings is 1. The number of nitrogens with two attached hydrogens (primary N) is 2. The number of para-hydroxylation sites is 1.